The summed E-state index contributed by atoms with van der Waals surface area (Å²) < 4.78 is 2.45. The van der Waals surface area contributed by atoms with Crippen LogP contribution in [-0.4, -0.2) is 17.6 Å². The molecule has 0 radical (unpaired) electrons. The summed E-state index contributed by atoms with van der Waals surface area (Å²) in [4.78, 5) is 4.97. The second-order valence-electron chi connectivity index (χ2n) is 9.43. The molecule has 1 aliphatic rings. The van der Waals surface area contributed by atoms with Crippen LogP contribution in [0.15, 0.2) is 84.9 Å². The molecule has 0 bridgehead atoms. The van der Waals surface area contributed by atoms with Crippen LogP contribution < -0.4 is 9.80 Å². The van der Waals surface area contributed by atoms with E-state index in [2.05, 4.69) is 113 Å². The average molecular weight is 416 g/mol. The molecule has 1 aliphatic heterocycles. The van der Waals surface area contributed by atoms with Gasteiger partial charge in [-0.25, -0.2) is 0 Å². The van der Waals surface area contributed by atoms with Crippen molar-refractivity contribution in [2.45, 2.75) is 13.8 Å². The maximum absolute atomic E-state index is 2.50. The Hall–Kier alpha value is -3.72. The zero-order valence-corrected chi connectivity index (χ0v) is 18.4. The largest absolute Gasteiger partial charge is 0.352 e. The highest BCUT2D eigenvalue weighted by atomic mass is 15.4. The molecule has 156 valence electrons. The Balaban J connectivity index is 1.45. The van der Waals surface area contributed by atoms with Gasteiger partial charge >= 0.3 is 0 Å². The first-order valence-electron chi connectivity index (χ1n) is 11.5. The minimum absolute atomic E-state index is 0.625. The molecule has 0 unspecified atom stereocenters. The fourth-order valence-electron chi connectivity index (χ4n) is 5.69. The molecule has 2 aromatic heterocycles. The average Bonchev–Trinajstić information content (AvgIpc) is 3.46. The SMILES string of the molecule is CC(C)CN1CN(c2ccc3c(c2)c2cccc4c5ccccc5n3c42)c2ccccc21. The molecule has 0 spiro atoms. The lowest BCUT2D eigenvalue weighted by atomic mass is 10.1. The molecule has 3 heterocycles. The van der Waals surface area contributed by atoms with Gasteiger partial charge in [0.05, 0.1) is 34.6 Å². The molecule has 0 atom stereocenters. The minimum atomic E-state index is 0.625. The Morgan fingerprint density at radius 3 is 2.22 bits per heavy atom. The van der Waals surface area contributed by atoms with E-state index in [1.54, 1.807) is 0 Å². The zero-order valence-electron chi connectivity index (χ0n) is 18.4. The van der Waals surface area contributed by atoms with Crippen LogP contribution in [-0.2, 0) is 0 Å². The van der Waals surface area contributed by atoms with Gasteiger partial charge in [-0.05, 0) is 42.3 Å². The normalized spacial score (nSPS) is 14.1. The van der Waals surface area contributed by atoms with Crippen molar-refractivity contribution in [2.75, 3.05) is 23.0 Å². The second-order valence-corrected chi connectivity index (χ2v) is 9.43. The Labute approximate surface area is 187 Å². The molecule has 3 nitrogen and oxygen atoms in total. The monoisotopic (exact) mass is 415 g/mol. The molecule has 3 heteroatoms. The third-order valence-electron chi connectivity index (χ3n) is 6.93. The van der Waals surface area contributed by atoms with E-state index >= 15 is 0 Å². The van der Waals surface area contributed by atoms with Gasteiger partial charge in [0.25, 0.3) is 0 Å². The molecular weight excluding hydrogens is 390 g/mol. The summed E-state index contributed by atoms with van der Waals surface area (Å²) in [5.74, 6) is 0.625. The van der Waals surface area contributed by atoms with Crippen LogP contribution in [0.4, 0.5) is 17.1 Å². The highest BCUT2D eigenvalue weighted by Gasteiger charge is 2.27. The standard InChI is InChI=1S/C29H25N3/c1-19(2)17-30-18-31(28-13-6-5-12-27(28)30)20-14-15-26-24(16-20)23-10-7-9-22-21-8-3-4-11-25(21)32(26)29(22)23/h3-16,19H,17-18H2,1-2H3. The number of aromatic nitrogens is 1. The van der Waals surface area contributed by atoms with E-state index in [4.69, 9.17) is 0 Å². The smallest absolute Gasteiger partial charge is 0.0953 e. The summed E-state index contributed by atoms with van der Waals surface area (Å²) in [5, 5.41) is 5.33. The van der Waals surface area contributed by atoms with E-state index < -0.39 is 0 Å². The Bertz CT molecular complexity index is 1620. The molecule has 0 fully saturated rings. The molecule has 0 amide bonds. The lowest BCUT2D eigenvalue weighted by molar-refractivity contribution is 0.622. The first-order chi connectivity index (χ1) is 15.7. The number of anilines is 3. The van der Waals surface area contributed by atoms with Gasteiger partial charge in [-0.1, -0.05) is 62.4 Å². The molecule has 4 aromatic carbocycles. The van der Waals surface area contributed by atoms with Gasteiger partial charge in [0.1, 0.15) is 0 Å². The van der Waals surface area contributed by atoms with Gasteiger partial charge in [-0.2, -0.15) is 0 Å². The maximum Gasteiger partial charge on any atom is 0.0953 e. The molecule has 7 rings (SSSR count). The van der Waals surface area contributed by atoms with Crippen LogP contribution in [0.1, 0.15) is 13.8 Å². The number of hydrogen-bond acceptors (Lipinski definition) is 2. The van der Waals surface area contributed by atoms with Gasteiger partial charge in [0.2, 0.25) is 0 Å². The third kappa shape index (κ3) is 2.31. The Kier molecular flexibility index (Phi) is 3.58. The number of benzene rings is 4. The van der Waals surface area contributed by atoms with Crippen molar-refractivity contribution in [3.63, 3.8) is 0 Å². The number of fused-ring (bicyclic) bond motifs is 7. The van der Waals surface area contributed by atoms with Crippen LogP contribution in [0.3, 0.4) is 0 Å². The minimum Gasteiger partial charge on any atom is -0.352 e. The number of nitrogens with zero attached hydrogens (tertiary/aromatic N) is 3. The van der Waals surface area contributed by atoms with Crippen LogP contribution in [0.25, 0.3) is 38.1 Å². The van der Waals surface area contributed by atoms with Crippen LogP contribution in [0.5, 0.6) is 0 Å². The van der Waals surface area contributed by atoms with Crippen molar-refractivity contribution < 1.29 is 0 Å². The molecule has 32 heavy (non-hydrogen) atoms. The van der Waals surface area contributed by atoms with E-state index in [9.17, 15) is 0 Å². The Morgan fingerprint density at radius 1 is 0.688 bits per heavy atom. The summed E-state index contributed by atoms with van der Waals surface area (Å²) in [6.07, 6.45) is 0. The lowest BCUT2D eigenvalue weighted by Crippen LogP contribution is -2.30. The molecule has 0 N–H and O–H groups in total. The van der Waals surface area contributed by atoms with Crippen LogP contribution >= 0.6 is 0 Å². The predicted octanol–water partition coefficient (Wildman–Crippen LogP) is 7.41. The van der Waals surface area contributed by atoms with Crippen molar-refractivity contribution in [3.05, 3.63) is 84.9 Å². The summed E-state index contributed by atoms with van der Waals surface area (Å²) in [5.41, 5.74) is 7.80. The second kappa shape index (κ2) is 6.39. The number of rotatable bonds is 3. The van der Waals surface area contributed by atoms with Crippen molar-refractivity contribution in [2.24, 2.45) is 5.92 Å². The van der Waals surface area contributed by atoms with Gasteiger partial charge in [0.15, 0.2) is 0 Å². The van der Waals surface area contributed by atoms with Crippen LogP contribution in [0, 0.1) is 5.92 Å². The molecule has 0 saturated carbocycles. The molecular formula is C29H25N3. The molecule has 0 aliphatic carbocycles. The first-order valence-corrected chi connectivity index (χ1v) is 11.5. The van der Waals surface area contributed by atoms with Gasteiger partial charge in [-0.3, -0.25) is 0 Å². The summed E-state index contributed by atoms with van der Waals surface area (Å²) in [7, 11) is 0. The summed E-state index contributed by atoms with van der Waals surface area (Å²) >= 11 is 0. The lowest BCUT2D eigenvalue weighted by Gasteiger charge is -2.23. The van der Waals surface area contributed by atoms with Crippen LogP contribution in [0.2, 0.25) is 0 Å². The molecule has 6 aromatic rings. The van der Waals surface area contributed by atoms with E-state index in [0.717, 1.165) is 13.2 Å². The van der Waals surface area contributed by atoms with E-state index in [1.165, 1.54) is 55.2 Å². The van der Waals surface area contributed by atoms with E-state index in [0.29, 0.717) is 5.92 Å². The van der Waals surface area contributed by atoms with Crippen molar-refractivity contribution >= 4 is 55.2 Å². The highest BCUT2D eigenvalue weighted by molar-refractivity contribution is 6.23. The van der Waals surface area contributed by atoms with Crippen molar-refractivity contribution in [1.82, 2.24) is 4.40 Å². The topological polar surface area (TPSA) is 10.9 Å². The van der Waals surface area contributed by atoms with E-state index in [1.807, 2.05) is 0 Å². The molecule has 0 saturated heterocycles. The third-order valence-corrected chi connectivity index (χ3v) is 6.93. The highest BCUT2D eigenvalue weighted by Crippen LogP contribution is 2.44. The van der Waals surface area contributed by atoms with Gasteiger partial charge in [-0.15, -0.1) is 0 Å². The summed E-state index contributed by atoms with van der Waals surface area (Å²) in [6.45, 7) is 6.55. The first kappa shape index (κ1) is 17.9. The number of para-hydroxylation sites is 4. The fourth-order valence-corrected chi connectivity index (χ4v) is 5.69. The Morgan fingerprint density at radius 2 is 1.38 bits per heavy atom. The van der Waals surface area contributed by atoms with Gasteiger partial charge < -0.3 is 14.2 Å². The van der Waals surface area contributed by atoms with Crippen molar-refractivity contribution in [1.29, 1.82) is 0 Å². The summed E-state index contributed by atoms with van der Waals surface area (Å²) in [6, 6.07) is 31.3. The van der Waals surface area contributed by atoms with Crippen molar-refractivity contribution in [3.8, 4) is 0 Å². The predicted molar refractivity (Wildman–Crippen MR) is 137 cm³/mol. The van der Waals surface area contributed by atoms with Gasteiger partial charge in [0, 0.05) is 33.8 Å². The quantitative estimate of drug-likeness (QED) is 0.298. The fraction of sp³-hybridized carbons (Fsp3) is 0.172. The number of hydrogen-bond donors (Lipinski definition) is 0. The van der Waals surface area contributed by atoms with E-state index in [-0.39, 0.29) is 0 Å². The maximum atomic E-state index is 2.50. The zero-order chi connectivity index (χ0) is 21.4.